The highest BCUT2D eigenvalue weighted by molar-refractivity contribution is 6.30. The van der Waals surface area contributed by atoms with Crippen molar-refractivity contribution < 1.29 is 0 Å². The van der Waals surface area contributed by atoms with Gasteiger partial charge in [-0.15, -0.1) is 6.58 Å². The standard InChI is InChI=1S/C9H9ClN/c1-2-7-11-9-5-3-8(10)4-6-9/h2-5,11H,1,7H2. The van der Waals surface area contributed by atoms with Gasteiger partial charge in [0.1, 0.15) is 0 Å². The molecule has 1 aromatic rings. The van der Waals surface area contributed by atoms with E-state index in [-0.39, 0.29) is 0 Å². The summed E-state index contributed by atoms with van der Waals surface area (Å²) in [4.78, 5) is 0. The SMILES string of the molecule is C=CCNc1[c]cc(Cl)cc1. The van der Waals surface area contributed by atoms with Gasteiger partial charge in [-0.1, -0.05) is 17.7 Å². The lowest BCUT2D eigenvalue weighted by Gasteiger charge is -2.00. The average molecular weight is 167 g/mol. The largest absolute Gasteiger partial charge is 0.381 e. The summed E-state index contributed by atoms with van der Waals surface area (Å²) < 4.78 is 0. The number of benzene rings is 1. The molecule has 0 aliphatic carbocycles. The van der Waals surface area contributed by atoms with Gasteiger partial charge >= 0.3 is 0 Å². The Labute approximate surface area is 71.7 Å². The van der Waals surface area contributed by atoms with Crippen LogP contribution < -0.4 is 5.32 Å². The van der Waals surface area contributed by atoms with Crippen molar-refractivity contribution in [3.05, 3.63) is 41.9 Å². The van der Waals surface area contributed by atoms with E-state index in [4.69, 9.17) is 11.6 Å². The van der Waals surface area contributed by atoms with E-state index in [9.17, 15) is 0 Å². The molecule has 1 rings (SSSR count). The predicted octanol–water partition coefficient (Wildman–Crippen LogP) is 2.74. The van der Waals surface area contributed by atoms with Gasteiger partial charge in [-0.25, -0.2) is 0 Å². The van der Waals surface area contributed by atoms with Crippen molar-refractivity contribution in [2.75, 3.05) is 11.9 Å². The zero-order chi connectivity index (χ0) is 8.10. The molecule has 0 aliphatic heterocycles. The van der Waals surface area contributed by atoms with Gasteiger partial charge in [-0.05, 0) is 18.2 Å². The van der Waals surface area contributed by atoms with Gasteiger partial charge in [0.15, 0.2) is 0 Å². The van der Waals surface area contributed by atoms with Crippen molar-refractivity contribution >= 4 is 17.3 Å². The van der Waals surface area contributed by atoms with Crippen molar-refractivity contribution in [3.63, 3.8) is 0 Å². The molecule has 0 saturated heterocycles. The molecule has 11 heavy (non-hydrogen) atoms. The topological polar surface area (TPSA) is 12.0 Å². The third kappa shape index (κ3) is 2.64. The summed E-state index contributed by atoms with van der Waals surface area (Å²) in [5, 5.41) is 3.79. The molecule has 1 radical (unpaired) electrons. The molecule has 0 saturated carbocycles. The molecule has 0 unspecified atom stereocenters. The van der Waals surface area contributed by atoms with E-state index in [0.717, 1.165) is 12.2 Å². The van der Waals surface area contributed by atoms with Crippen molar-refractivity contribution in [2.24, 2.45) is 0 Å². The minimum Gasteiger partial charge on any atom is -0.381 e. The molecule has 57 valence electrons. The second-order valence-corrected chi connectivity index (χ2v) is 2.53. The maximum Gasteiger partial charge on any atom is 0.0424 e. The summed E-state index contributed by atoms with van der Waals surface area (Å²) in [6.07, 6.45) is 1.79. The van der Waals surface area contributed by atoms with Crippen LogP contribution in [0.25, 0.3) is 0 Å². The lowest BCUT2D eigenvalue weighted by molar-refractivity contribution is 1.34. The van der Waals surface area contributed by atoms with Crippen LogP contribution in [0.3, 0.4) is 0 Å². The lowest BCUT2D eigenvalue weighted by Crippen LogP contribution is -1.96. The molecule has 1 aromatic carbocycles. The first kappa shape index (κ1) is 8.15. The van der Waals surface area contributed by atoms with Crippen LogP contribution in [-0.2, 0) is 0 Å². The van der Waals surface area contributed by atoms with Crippen molar-refractivity contribution in [3.8, 4) is 0 Å². The molecular formula is C9H9ClN. The molecule has 0 fully saturated rings. The Bertz CT molecular complexity index is 228. The summed E-state index contributed by atoms with van der Waals surface area (Å²) in [6.45, 7) is 4.34. The van der Waals surface area contributed by atoms with Crippen LogP contribution in [0.1, 0.15) is 0 Å². The molecule has 0 amide bonds. The Morgan fingerprint density at radius 1 is 1.64 bits per heavy atom. The third-order valence-corrected chi connectivity index (χ3v) is 1.45. The number of nitrogens with one attached hydrogen (secondary N) is 1. The molecule has 0 heterocycles. The minimum absolute atomic E-state index is 0.703. The van der Waals surface area contributed by atoms with Crippen LogP contribution in [0.2, 0.25) is 5.02 Å². The highest BCUT2D eigenvalue weighted by Gasteiger charge is 1.88. The average Bonchev–Trinajstić information content (AvgIpc) is 2.04. The molecular weight excluding hydrogens is 158 g/mol. The molecule has 0 aliphatic rings. The van der Waals surface area contributed by atoms with Crippen molar-refractivity contribution in [2.45, 2.75) is 0 Å². The zero-order valence-electron chi connectivity index (χ0n) is 6.10. The summed E-state index contributed by atoms with van der Waals surface area (Å²) >= 11 is 5.67. The highest BCUT2D eigenvalue weighted by atomic mass is 35.5. The van der Waals surface area contributed by atoms with Gasteiger partial charge in [0.25, 0.3) is 0 Å². The summed E-state index contributed by atoms with van der Waals surface area (Å²) in [5.41, 5.74) is 0.939. The molecule has 1 nitrogen and oxygen atoms in total. The number of anilines is 1. The molecule has 0 bridgehead atoms. The Kier molecular flexibility index (Phi) is 2.99. The first-order chi connectivity index (χ1) is 5.33. The third-order valence-electron chi connectivity index (χ3n) is 1.21. The van der Waals surface area contributed by atoms with E-state index in [0.29, 0.717) is 5.02 Å². The number of halogens is 1. The van der Waals surface area contributed by atoms with Crippen LogP contribution in [0.15, 0.2) is 30.9 Å². The maximum absolute atomic E-state index is 5.67. The summed E-state index contributed by atoms with van der Waals surface area (Å²) in [7, 11) is 0. The number of rotatable bonds is 3. The highest BCUT2D eigenvalue weighted by Crippen LogP contribution is 2.11. The quantitative estimate of drug-likeness (QED) is 0.681. The number of hydrogen-bond donors (Lipinski definition) is 1. The van der Waals surface area contributed by atoms with Crippen molar-refractivity contribution in [1.29, 1.82) is 0 Å². The van der Waals surface area contributed by atoms with E-state index in [1.54, 1.807) is 12.1 Å². The van der Waals surface area contributed by atoms with E-state index < -0.39 is 0 Å². The first-order valence-corrected chi connectivity index (χ1v) is 3.73. The molecule has 0 aromatic heterocycles. The van der Waals surface area contributed by atoms with Crippen LogP contribution in [0.5, 0.6) is 0 Å². The van der Waals surface area contributed by atoms with E-state index in [1.165, 1.54) is 0 Å². The van der Waals surface area contributed by atoms with Gasteiger partial charge in [0.05, 0.1) is 0 Å². The molecule has 0 spiro atoms. The van der Waals surface area contributed by atoms with E-state index in [2.05, 4.69) is 18.0 Å². The van der Waals surface area contributed by atoms with Crippen LogP contribution in [0.4, 0.5) is 5.69 Å². The second kappa shape index (κ2) is 4.04. The van der Waals surface area contributed by atoms with Crippen LogP contribution in [0, 0.1) is 6.07 Å². The number of hydrogen-bond acceptors (Lipinski definition) is 1. The van der Waals surface area contributed by atoms with Gasteiger partial charge in [0, 0.05) is 23.3 Å². The van der Waals surface area contributed by atoms with E-state index >= 15 is 0 Å². The van der Waals surface area contributed by atoms with Gasteiger partial charge < -0.3 is 5.32 Å². The Balaban J connectivity index is 2.58. The van der Waals surface area contributed by atoms with Gasteiger partial charge in [-0.2, -0.15) is 0 Å². The fraction of sp³-hybridized carbons (Fsp3) is 0.111. The second-order valence-electron chi connectivity index (χ2n) is 2.09. The lowest BCUT2D eigenvalue weighted by atomic mass is 10.3. The summed E-state index contributed by atoms with van der Waals surface area (Å²) in [6, 6.07) is 8.41. The predicted molar refractivity (Wildman–Crippen MR) is 49.0 cm³/mol. The zero-order valence-corrected chi connectivity index (χ0v) is 6.86. The first-order valence-electron chi connectivity index (χ1n) is 3.35. The fourth-order valence-electron chi connectivity index (χ4n) is 0.698. The molecule has 0 atom stereocenters. The van der Waals surface area contributed by atoms with Gasteiger partial charge in [-0.3, -0.25) is 0 Å². The fourth-order valence-corrected chi connectivity index (χ4v) is 0.815. The summed E-state index contributed by atoms with van der Waals surface area (Å²) in [5.74, 6) is 0. The van der Waals surface area contributed by atoms with Crippen molar-refractivity contribution in [1.82, 2.24) is 0 Å². The molecule has 2 heteroatoms. The van der Waals surface area contributed by atoms with Gasteiger partial charge in [0.2, 0.25) is 0 Å². The Morgan fingerprint density at radius 3 is 3.00 bits per heavy atom. The monoisotopic (exact) mass is 166 g/mol. The Hall–Kier alpha value is -0.950. The Morgan fingerprint density at radius 2 is 2.45 bits per heavy atom. The van der Waals surface area contributed by atoms with Crippen LogP contribution >= 0.6 is 11.6 Å². The maximum atomic E-state index is 5.67. The normalized spacial score (nSPS) is 9.18. The van der Waals surface area contributed by atoms with Crippen LogP contribution in [-0.4, -0.2) is 6.54 Å². The van der Waals surface area contributed by atoms with E-state index in [1.807, 2.05) is 12.1 Å². The smallest absolute Gasteiger partial charge is 0.0424 e. The molecule has 1 N–H and O–H groups in total. The minimum atomic E-state index is 0.703.